The van der Waals surface area contributed by atoms with Crippen LogP contribution in [0.15, 0.2) is 48.8 Å². The molecule has 8 heteroatoms. The van der Waals surface area contributed by atoms with Crippen molar-refractivity contribution in [2.24, 2.45) is 0 Å². The largest absolute Gasteiger partial charge is 0.343 e. The highest BCUT2D eigenvalue weighted by molar-refractivity contribution is 6.00. The van der Waals surface area contributed by atoms with Gasteiger partial charge < -0.3 is 10.2 Å². The number of alkyl halides is 2. The molecule has 148 valence electrons. The molecular weight excluding hydrogens is 378 g/mol. The zero-order chi connectivity index (χ0) is 20.9. The van der Waals surface area contributed by atoms with Crippen LogP contribution in [-0.4, -0.2) is 46.8 Å². The predicted octanol–water partition coefficient (Wildman–Crippen LogP) is 2.74. The summed E-state index contributed by atoms with van der Waals surface area (Å²) < 4.78 is 27.0. The highest BCUT2D eigenvalue weighted by atomic mass is 19.3. The van der Waals surface area contributed by atoms with Crippen molar-refractivity contribution in [3.05, 3.63) is 65.5 Å². The summed E-state index contributed by atoms with van der Waals surface area (Å²) in [6, 6.07) is 11.5. The van der Waals surface area contributed by atoms with Gasteiger partial charge in [0.2, 0.25) is 5.91 Å². The summed E-state index contributed by atoms with van der Waals surface area (Å²) in [6.45, 7) is -1.29. The van der Waals surface area contributed by atoms with Crippen LogP contribution in [0.3, 0.4) is 0 Å². The molecule has 1 unspecified atom stereocenters. The first-order valence-electron chi connectivity index (χ1n) is 8.92. The van der Waals surface area contributed by atoms with Crippen molar-refractivity contribution in [1.82, 2.24) is 15.2 Å². The molecule has 6 nitrogen and oxygen atoms in total. The fraction of sp³-hybridized carbons (Fsp3) is 0.238. The van der Waals surface area contributed by atoms with Crippen LogP contribution >= 0.6 is 0 Å². The lowest BCUT2D eigenvalue weighted by Gasteiger charge is -2.19. The fourth-order valence-electron chi connectivity index (χ4n) is 3.04. The minimum absolute atomic E-state index is 0.295. The van der Waals surface area contributed by atoms with Gasteiger partial charge in [-0.1, -0.05) is 42.5 Å². The minimum atomic E-state index is -3.10. The maximum absolute atomic E-state index is 13.5. The number of hydrogen-bond acceptors (Lipinski definition) is 4. The van der Waals surface area contributed by atoms with Gasteiger partial charge in [-0.25, -0.2) is 8.78 Å². The summed E-state index contributed by atoms with van der Waals surface area (Å²) in [7, 11) is 0. The molecule has 2 heterocycles. The second kappa shape index (κ2) is 8.61. The number of nitriles is 1. The Morgan fingerprint density at radius 2 is 2.03 bits per heavy atom. The molecule has 1 fully saturated rings. The van der Waals surface area contributed by atoms with Crippen molar-refractivity contribution in [3.63, 3.8) is 0 Å². The molecule has 1 aliphatic rings. The van der Waals surface area contributed by atoms with Gasteiger partial charge in [-0.15, -0.1) is 0 Å². The number of carbonyl (C=O) groups is 2. The average Bonchev–Trinajstić information content (AvgIpc) is 3.06. The zero-order valence-corrected chi connectivity index (χ0v) is 15.4. The molecule has 0 saturated carbocycles. The number of nitrogens with zero attached hydrogens (tertiary/aromatic N) is 3. The van der Waals surface area contributed by atoms with Crippen LogP contribution in [0.25, 0.3) is 12.2 Å². The van der Waals surface area contributed by atoms with E-state index in [1.54, 1.807) is 12.1 Å². The molecule has 29 heavy (non-hydrogen) atoms. The quantitative estimate of drug-likeness (QED) is 0.842. The second-order valence-electron chi connectivity index (χ2n) is 6.62. The predicted molar refractivity (Wildman–Crippen MR) is 103 cm³/mol. The van der Waals surface area contributed by atoms with E-state index in [9.17, 15) is 18.4 Å². The molecule has 0 aliphatic carbocycles. The van der Waals surface area contributed by atoms with Gasteiger partial charge in [0.1, 0.15) is 6.04 Å². The molecule has 1 N–H and O–H groups in total. The van der Waals surface area contributed by atoms with Gasteiger partial charge in [0.25, 0.3) is 11.8 Å². The molecule has 0 bridgehead atoms. The number of benzene rings is 1. The molecule has 0 radical (unpaired) electrons. The fourth-order valence-corrected chi connectivity index (χ4v) is 3.04. The number of pyridine rings is 1. The summed E-state index contributed by atoms with van der Waals surface area (Å²) in [4.78, 5) is 29.6. The van der Waals surface area contributed by atoms with Gasteiger partial charge in [-0.3, -0.25) is 14.6 Å². The number of hydrogen-bond donors (Lipinski definition) is 1. The Bertz CT molecular complexity index is 970. The Morgan fingerprint density at radius 1 is 1.28 bits per heavy atom. The average molecular weight is 396 g/mol. The topological polar surface area (TPSA) is 86.1 Å². The lowest BCUT2D eigenvalue weighted by atomic mass is 10.1. The van der Waals surface area contributed by atoms with Crippen LogP contribution in [0.5, 0.6) is 0 Å². The minimum Gasteiger partial charge on any atom is -0.343 e. The number of nitrogens with one attached hydrogen (secondary N) is 1. The first kappa shape index (κ1) is 20.1. The molecule has 1 atom stereocenters. The maximum atomic E-state index is 13.5. The molecular formula is C21H18F2N4O2. The van der Waals surface area contributed by atoms with Crippen LogP contribution in [0.4, 0.5) is 8.78 Å². The lowest BCUT2D eigenvalue weighted by molar-refractivity contribution is -0.131. The Balaban J connectivity index is 1.66. The van der Waals surface area contributed by atoms with Gasteiger partial charge in [-0.2, -0.15) is 5.26 Å². The number of amides is 2. The third-order valence-corrected chi connectivity index (χ3v) is 4.49. The first-order chi connectivity index (χ1) is 13.9. The van der Waals surface area contributed by atoms with Crippen molar-refractivity contribution < 1.29 is 18.4 Å². The Hall–Kier alpha value is -3.60. The highest BCUT2D eigenvalue weighted by Crippen LogP contribution is 2.31. The molecule has 2 amide bonds. The van der Waals surface area contributed by atoms with Crippen molar-refractivity contribution >= 4 is 24.0 Å². The van der Waals surface area contributed by atoms with Gasteiger partial charge in [0.05, 0.1) is 19.2 Å². The number of likely N-dealkylation sites (tertiary alicyclic amines) is 1. The Kier molecular flexibility index (Phi) is 5.98. The van der Waals surface area contributed by atoms with E-state index in [4.69, 9.17) is 5.26 Å². The van der Waals surface area contributed by atoms with E-state index in [0.29, 0.717) is 11.1 Å². The Morgan fingerprint density at radius 3 is 2.76 bits per heavy atom. The molecule has 1 saturated heterocycles. The zero-order valence-electron chi connectivity index (χ0n) is 15.4. The number of rotatable bonds is 5. The third-order valence-electron chi connectivity index (χ3n) is 4.49. The Labute approximate surface area is 166 Å². The van der Waals surface area contributed by atoms with E-state index in [2.05, 4.69) is 10.3 Å². The summed E-state index contributed by atoms with van der Waals surface area (Å²) in [5.41, 5.74) is 1.78. The SMILES string of the molecule is N#CC1CC(F)(F)CN1C(=O)CNC(=O)c1ccncc1C=Cc1ccccc1. The van der Waals surface area contributed by atoms with Crippen molar-refractivity contribution in [2.75, 3.05) is 13.1 Å². The van der Waals surface area contributed by atoms with Gasteiger partial charge in [-0.05, 0) is 11.6 Å². The molecule has 3 rings (SSSR count). The van der Waals surface area contributed by atoms with Gasteiger partial charge in [0.15, 0.2) is 0 Å². The third kappa shape index (κ3) is 5.02. The molecule has 1 aromatic heterocycles. The monoisotopic (exact) mass is 396 g/mol. The van der Waals surface area contributed by atoms with E-state index in [1.165, 1.54) is 18.5 Å². The lowest BCUT2D eigenvalue weighted by Crippen LogP contribution is -2.43. The number of halogens is 2. The number of aromatic nitrogens is 1. The molecule has 0 spiro atoms. The molecule has 1 aromatic carbocycles. The van der Waals surface area contributed by atoms with E-state index in [-0.39, 0.29) is 0 Å². The van der Waals surface area contributed by atoms with Crippen molar-refractivity contribution in [3.8, 4) is 6.07 Å². The van der Waals surface area contributed by atoms with Crippen LogP contribution in [-0.2, 0) is 4.79 Å². The standard InChI is InChI=1S/C21H18F2N4O2/c22-21(23)10-17(11-24)27(14-21)19(28)13-26-20(29)18-8-9-25-12-16(18)7-6-15-4-2-1-3-5-15/h1-9,12,17H,10,13-14H2,(H,26,29). The summed E-state index contributed by atoms with van der Waals surface area (Å²) in [5.74, 6) is -4.36. The van der Waals surface area contributed by atoms with Crippen LogP contribution in [0.2, 0.25) is 0 Å². The summed E-state index contributed by atoms with van der Waals surface area (Å²) in [6.07, 6.45) is 5.82. The normalized spacial score (nSPS) is 17.8. The first-order valence-corrected chi connectivity index (χ1v) is 8.92. The second-order valence-corrected chi connectivity index (χ2v) is 6.62. The van der Waals surface area contributed by atoms with Crippen LogP contribution < -0.4 is 5.32 Å². The van der Waals surface area contributed by atoms with Crippen molar-refractivity contribution in [1.29, 1.82) is 5.26 Å². The van der Waals surface area contributed by atoms with Crippen LogP contribution in [0, 0.1) is 11.3 Å². The van der Waals surface area contributed by atoms with Crippen molar-refractivity contribution in [2.45, 2.75) is 18.4 Å². The van der Waals surface area contributed by atoms with E-state index in [0.717, 1.165) is 10.5 Å². The van der Waals surface area contributed by atoms with E-state index in [1.807, 2.05) is 36.4 Å². The summed E-state index contributed by atoms with van der Waals surface area (Å²) >= 11 is 0. The van der Waals surface area contributed by atoms with E-state index >= 15 is 0 Å². The van der Waals surface area contributed by atoms with Gasteiger partial charge in [0, 0.05) is 29.9 Å². The number of carbonyl (C=O) groups excluding carboxylic acids is 2. The molecule has 1 aliphatic heterocycles. The molecule has 2 aromatic rings. The maximum Gasteiger partial charge on any atom is 0.268 e. The highest BCUT2D eigenvalue weighted by Gasteiger charge is 2.47. The summed E-state index contributed by atoms with van der Waals surface area (Å²) in [5, 5.41) is 11.4. The van der Waals surface area contributed by atoms with Gasteiger partial charge >= 0.3 is 0 Å². The van der Waals surface area contributed by atoms with Crippen LogP contribution in [0.1, 0.15) is 27.9 Å². The van der Waals surface area contributed by atoms with E-state index < -0.39 is 43.3 Å². The smallest absolute Gasteiger partial charge is 0.268 e.